The Balaban J connectivity index is 1.73. The molecule has 0 saturated heterocycles. The van der Waals surface area contributed by atoms with Crippen molar-refractivity contribution in [3.63, 3.8) is 0 Å². The molecule has 0 aromatic heterocycles. The van der Waals surface area contributed by atoms with Gasteiger partial charge in [-0.25, -0.2) is 4.39 Å². The fourth-order valence-electron chi connectivity index (χ4n) is 3.17. The molecule has 0 aliphatic carbocycles. The Kier molecular flexibility index (Phi) is 4.67. The van der Waals surface area contributed by atoms with Crippen LogP contribution in [0.4, 0.5) is 10.1 Å². The lowest BCUT2D eigenvalue weighted by molar-refractivity contribution is 0.0969. The summed E-state index contributed by atoms with van der Waals surface area (Å²) in [6, 6.07) is 28.6. The number of halogens is 1. The van der Waals surface area contributed by atoms with Gasteiger partial charge >= 0.3 is 0 Å². The van der Waals surface area contributed by atoms with Crippen molar-refractivity contribution in [1.29, 1.82) is 0 Å². The lowest BCUT2D eigenvalue weighted by Crippen LogP contribution is -2.21. The Morgan fingerprint density at radius 2 is 1.41 bits per heavy atom. The molecule has 0 aliphatic rings. The summed E-state index contributed by atoms with van der Waals surface area (Å²) in [5.74, 6) is -0.383. The number of fused-ring (bicyclic) bond motifs is 1. The zero-order chi connectivity index (χ0) is 18.6. The molecular formula is C24H18FNO. The third-order valence-corrected chi connectivity index (χ3v) is 4.58. The number of benzene rings is 4. The Morgan fingerprint density at radius 1 is 0.741 bits per heavy atom. The second kappa shape index (κ2) is 7.42. The molecule has 0 fully saturated rings. The van der Waals surface area contributed by atoms with Crippen LogP contribution in [0.5, 0.6) is 0 Å². The molecule has 0 spiro atoms. The highest BCUT2D eigenvalue weighted by molar-refractivity contribution is 6.04. The van der Waals surface area contributed by atoms with E-state index >= 15 is 0 Å². The van der Waals surface area contributed by atoms with Crippen molar-refractivity contribution >= 4 is 22.2 Å². The first-order valence-electron chi connectivity index (χ1n) is 8.81. The molecule has 0 aliphatic heterocycles. The molecule has 0 radical (unpaired) electrons. The Labute approximate surface area is 157 Å². The van der Waals surface area contributed by atoms with Crippen LogP contribution in [-0.4, -0.2) is 5.78 Å². The Bertz CT molecular complexity index is 1070. The molecule has 4 rings (SSSR count). The molecule has 0 amide bonds. The molecule has 0 heterocycles. The van der Waals surface area contributed by atoms with Crippen LogP contribution in [0, 0.1) is 5.82 Å². The fourth-order valence-corrected chi connectivity index (χ4v) is 3.17. The van der Waals surface area contributed by atoms with Gasteiger partial charge in [0.05, 0.1) is 0 Å². The smallest absolute Gasteiger partial charge is 0.189 e. The van der Waals surface area contributed by atoms with Gasteiger partial charge in [-0.05, 0) is 46.7 Å². The standard InChI is InChI=1S/C24H18FNO/c25-21-14-12-18(13-15-21)23(26-22-8-2-1-3-9-22)24(27)20-11-10-17-6-4-5-7-19(17)16-20/h1-16,23,26H. The highest BCUT2D eigenvalue weighted by atomic mass is 19.1. The van der Waals surface area contributed by atoms with E-state index in [1.54, 1.807) is 12.1 Å². The molecule has 1 N–H and O–H groups in total. The number of carbonyl (C=O) groups is 1. The van der Waals surface area contributed by atoms with Crippen molar-refractivity contribution < 1.29 is 9.18 Å². The van der Waals surface area contributed by atoms with Crippen LogP contribution >= 0.6 is 0 Å². The van der Waals surface area contributed by atoms with Gasteiger partial charge in [-0.3, -0.25) is 4.79 Å². The quantitative estimate of drug-likeness (QED) is 0.444. The van der Waals surface area contributed by atoms with Crippen molar-refractivity contribution in [1.82, 2.24) is 0 Å². The van der Waals surface area contributed by atoms with Crippen molar-refractivity contribution in [2.45, 2.75) is 6.04 Å². The van der Waals surface area contributed by atoms with Crippen molar-refractivity contribution in [3.05, 3.63) is 114 Å². The molecule has 3 heteroatoms. The van der Waals surface area contributed by atoms with E-state index in [1.807, 2.05) is 72.8 Å². The summed E-state index contributed by atoms with van der Waals surface area (Å²) >= 11 is 0. The van der Waals surface area contributed by atoms with Crippen LogP contribution in [-0.2, 0) is 0 Å². The minimum Gasteiger partial charge on any atom is -0.371 e. The topological polar surface area (TPSA) is 29.1 Å². The van der Waals surface area contributed by atoms with Gasteiger partial charge in [0.2, 0.25) is 0 Å². The third kappa shape index (κ3) is 3.72. The average Bonchev–Trinajstić information content (AvgIpc) is 2.73. The van der Waals surface area contributed by atoms with E-state index in [0.717, 1.165) is 22.0 Å². The molecule has 0 bridgehead atoms. The van der Waals surface area contributed by atoms with Gasteiger partial charge in [0.25, 0.3) is 0 Å². The lowest BCUT2D eigenvalue weighted by atomic mass is 9.95. The van der Waals surface area contributed by atoms with Gasteiger partial charge in [0.15, 0.2) is 5.78 Å². The first-order valence-corrected chi connectivity index (χ1v) is 8.81. The number of nitrogens with one attached hydrogen (secondary N) is 1. The lowest BCUT2D eigenvalue weighted by Gasteiger charge is -2.20. The SMILES string of the molecule is O=C(c1ccc2ccccc2c1)C(Nc1ccccc1)c1ccc(F)cc1. The fraction of sp³-hybridized carbons (Fsp3) is 0.0417. The highest BCUT2D eigenvalue weighted by Gasteiger charge is 2.22. The summed E-state index contributed by atoms with van der Waals surface area (Å²) in [5.41, 5.74) is 2.17. The zero-order valence-corrected chi connectivity index (χ0v) is 14.6. The molecular weight excluding hydrogens is 337 g/mol. The van der Waals surface area contributed by atoms with Crippen LogP contribution in [0.15, 0.2) is 97.1 Å². The average molecular weight is 355 g/mol. The van der Waals surface area contributed by atoms with Gasteiger partial charge in [0, 0.05) is 11.3 Å². The molecule has 27 heavy (non-hydrogen) atoms. The summed E-state index contributed by atoms with van der Waals surface area (Å²) in [5, 5.41) is 5.39. The molecule has 4 aromatic rings. The third-order valence-electron chi connectivity index (χ3n) is 4.58. The number of ketones is 1. The number of anilines is 1. The van der Waals surface area contributed by atoms with Gasteiger partial charge in [-0.15, -0.1) is 0 Å². The molecule has 1 atom stereocenters. The van der Waals surface area contributed by atoms with E-state index in [0.29, 0.717) is 5.56 Å². The molecule has 2 nitrogen and oxygen atoms in total. The predicted octanol–water partition coefficient (Wildman–Crippen LogP) is 6.02. The number of Topliss-reactive ketones (excluding diaryl/α,β-unsaturated/α-hetero) is 1. The van der Waals surface area contributed by atoms with Gasteiger partial charge in [0.1, 0.15) is 11.9 Å². The maximum Gasteiger partial charge on any atom is 0.189 e. The summed E-state index contributed by atoms with van der Waals surface area (Å²) in [6.45, 7) is 0. The van der Waals surface area contributed by atoms with E-state index in [2.05, 4.69) is 5.32 Å². The van der Waals surface area contributed by atoms with Crippen LogP contribution in [0.2, 0.25) is 0 Å². The normalized spacial score (nSPS) is 11.9. The molecule has 0 saturated carbocycles. The van der Waals surface area contributed by atoms with Crippen molar-refractivity contribution in [3.8, 4) is 0 Å². The predicted molar refractivity (Wildman–Crippen MR) is 107 cm³/mol. The Morgan fingerprint density at radius 3 is 2.15 bits per heavy atom. The molecule has 132 valence electrons. The van der Waals surface area contributed by atoms with Crippen molar-refractivity contribution in [2.75, 3.05) is 5.32 Å². The number of para-hydroxylation sites is 1. The number of rotatable bonds is 5. The highest BCUT2D eigenvalue weighted by Crippen LogP contribution is 2.26. The van der Waals surface area contributed by atoms with Crippen LogP contribution in [0.25, 0.3) is 10.8 Å². The van der Waals surface area contributed by atoms with Gasteiger partial charge in [-0.1, -0.05) is 66.7 Å². The second-order valence-corrected chi connectivity index (χ2v) is 6.42. The maximum atomic E-state index is 13.4. The van der Waals surface area contributed by atoms with Crippen LogP contribution in [0.3, 0.4) is 0 Å². The first-order chi connectivity index (χ1) is 13.2. The van der Waals surface area contributed by atoms with Crippen LogP contribution in [0.1, 0.15) is 22.0 Å². The van der Waals surface area contributed by atoms with E-state index < -0.39 is 6.04 Å². The van der Waals surface area contributed by atoms with E-state index in [1.165, 1.54) is 12.1 Å². The first kappa shape index (κ1) is 17.0. The maximum absolute atomic E-state index is 13.4. The number of hydrogen-bond donors (Lipinski definition) is 1. The van der Waals surface area contributed by atoms with Gasteiger partial charge in [-0.2, -0.15) is 0 Å². The molecule has 4 aromatic carbocycles. The minimum atomic E-state index is -0.603. The Hall–Kier alpha value is -3.46. The van der Waals surface area contributed by atoms with E-state index in [9.17, 15) is 9.18 Å². The summed E-state index contributed by atoms with van der Waals surface area (Å²) < 4.78 is 13.4. The summed E-state index contributed by atoms with van der Waals surface area (Å²) in [4.78, 5) is 13.3. The summed E-state index contributed by atoms with van der Waals surface area (Å²) in [6.07, 6.45) is 0. The van der Waals surface area contributed by atoms with Crippen LogP contribution < -0.4 is 5.32 Å². The number of carbonyl (C=O) groups excluding carboxylic acids is 1. The van der Waals surface area contributed by atoms with Crippen molar-refractivity contribution in [2.24, 2.45) is 0 Å². The summed E-state index contributed by atoms with van der Waals surface area (Å²) in [7, 11) is 0. The van der Waals surface area contributed by atoms with Gasteiger partial charge < -0.3 is 5.32 Å². The monoisotopic (exact) mass is 355 g/mol. The minimum absolute atomic E-state index is 0.0591. The van der Waals surface area contributed by atoms with E-state index in [-0.39, 0.29) is 11.6 Å². The molecule has 1 unspecified atom stereocenters. The van der Waals surface area contributed by atoms with E-state index in [4.69, 9.17) is 0 Å². The zero-order valence-electron chi connectivity index (χ0n) is 14.6. The second-order valence-electron chi connectivity index (χ2n) is 6.42. The number of hydrogen-bond acceptors (Lipinski definition) is 2. The largest absolute Gasteiger partial charge is 0.371 e.